The van der Waals surface area contributed by atoms with Gasteiger partial charge in [0.1, 0.15) is 5.75 Å². The first-order valence-electron chi connectivity index (χ1n) is 5.66. The van der Waals surface area contributed by atoms with Crippen molar-refractivity contribution >= 4 is 10.0 Å². The number of primary sulfonamides is 1. The van der Waals surface area contributed by atoms with Gasteiger partial charge >= 0.3 is 0 Å². The van der Waals surface area contributed by atoms with Crippen LogP contribution in [-0.4, -0.2) is 15.0 Å². The molecule has 5 heteroatoms. The van der Waals surface area contributed by atoms with E-state index in [0.717, 1.165) is 23.3 Å². The number of hydrogen-bond acceptors (Lipinski definition) is 3. The van der Waals surface area contributed by atoms with Gasteiger partial charge in [0.2, 0.25) is 10.0 Å². The molecule has 0 amide bonds. The lowest BCUT2D eigenvalue weighted by Gasteiger charge is -2.16. The SMILES string of the molecule is C=CCCOc1c(C)cc(S(N)(=O)=O)c(C)c1C. The summed E-state index contributed by atoms with van der Waals surface area (Å²) in [5.74, 6) is 0.724. The highest BCUT2D eigenvalue weighted by Crippen LogP contribution is 2.30. The summed E-state index contributed by atoms with van der Waals surface area (Å²) >= 11 is 0. The van der Waals surface area contributed by atoms with Crippen LogP contribution in [0.15, 0.2) is 23.6 Å². The van der Waals surface area contributed by atoms with Crippen LogP contribution in [0.4, 0.5) is 0 Å². The van der Waals surface area contributed by atoms with E-state index in [4.69, 9.17) is 9.88 Å². The maximum atomic E-state index is 11.5. The molecule has 100 valence electrons. The Balaban J connectivity index is 3.25. The maximum absolute atomic E-state index is 11.5. The van der Waals surface area contributed by atoms with Gasteiger partial charge in [0.15, 0.2) is 0 Å². The number of hydrogen-bond donors (Lipinski definition) is 1. The van der Waals surface area contributed by atoms with Crippen LogP contribution in [0.25, 0.3) is 0 Å². The number of nitrogens with two attached hydrogens (primary N) is 1. The zero-order valence-corrected chi connectivity index (χ0v) is 11.8. The summed E-state index contributed by atoms with van der Waals surface area (Å²) in [6.45, 7) is 9.53. The van der Waals surface area contributed by atoms with Crippen LogP contribution < -0.4 is 9.88 Å². The fourth-order valence-electron chi connectivity index (χ4n) is 1.78. The Morgan fingerprint density at radius 1 is 1.33 bits per heavy atom. The van der Waals surface area contributed by atoms with Crippen LogP contribution in [0.5, 0.6) is 5.75 Å². The van der Waals surface area contributed by atoms with Crippen molar-refractivity contribution in [2.24, 2.45) is 5.14 Å². The zero-order chi connectivity index (χ0) is 13.9. The van der Waals surface area contributed by atoms with Crippen molar-refractivity contribution in [2.45, 2.75) is 32.1 Å². The molecule has 0 aliphatic heterocycles. The molecule has 0 unspecified atom stereocenters. The van der Waals surface area contributed by atoms with E-state index in [2.05, 4.69) is 6.58 Å². The number of benzene rings is 1. The van der Waals surface area contributed by atoms with Crippen molar-refractivity contribution in [1.29, 1.82) is 0 Å². The molecule has 1 aromatic rings. The Bertz CT molecular complexity index is 562. The predicted molar refractivity (Wildman–Crippen MR) is 72.3 cm³/mol. The van der Waals surface area contributed by atoms with E-state index in [-0.39, 0.29) is 4.90 Å². The Hall–Kier alpha value is -1.33. The van der Waals surface area contributed by atoms with Crippen LogP contribution in [0.1, 0.15) is 23.1 Å². The first-order chi connectivity index (χ1) is 8.29. The van der Waals surface area contributed by atoms with Gasteiger partial charge in [-0.3, -0.25) is 0 Å². The number of rotatable bonds is 5. The summed E-state index contributed by atoms with van der Waals surface area (Å²) in [5.41, 5.74) is 2.21. The van der Waals surface area contributed by atoms with Crippen LogP contribution in [-0.2, 0) is 10.0 Å². The van der Waals surface area contributed by atoms with Crippen molar-refractivity contribution in [1.82, 2.24) is 0 Å². The fraction of sp³-hybridized carbons (Fsp3) is 0.385. The summed E-state index contributed by atoms with van der Waals surface area (Å²) in [4.78, 5) is 0.161. The Morgan fingerprint density at radius 2 is 1.94 bits per heavy atom. The number of aryl methyl sites for hydroxylation is 1. The lowest BCUT2D eigenvalue weighted by Crippen LogP contribution is -2.15. The zero-order valence-electron chi connectivity index (χ0n) is 11.0. The summed E-state index contributed by atoms with van der Waals surface area (Å²) in [5, 5.41) is 5.19. The molecule has 18 heavy (non-hydrogen) atoms. The van der Waals surface area contributed by atoms with Crippen LogP contribution >= 0.6 is 0 Å². The van der Waals surface area contributed by atoms with E-state index in [0.29, 0.717) is 12.2 Å². The quantitative estimate of drug-likeness (QED) is 0.658. The molecule has 1 aromatic carbocycles. The number of sulfonamides is 1. The third-order valence-electron chi connectivity index (χ3n) is 2.85. The van der Waals surface area contributed by atoms with Crippen molar-refractivity contribution in [3.05, 3.63) is 35.4 Å². The Morgan fingerprint density at radius 3 is 2.44 bits per heavy atom. The predicted octanol–water partition coefficient (Wildman–Crippen LogP) is 2.21. The van der Waals surface area contributed by atoms with Gasteiger partial charge in [-0.1, -0.05) is 6.08 Å². The topological polar surface area (TPSA) is 69.4 Å². The van der Waals surface area contributed by atoms with Gasteiger partial charge in [-0.2, -0.15) is 0 Å². The molecule has 0 fully saturated rings. The summed E-state index contributed by atoms with van der Waals surface area (Å²) in [6.07, 6.45) is 2.52. The average molecular weight is 269 g/mol. The minimum atomic E-state index is -3.69. The molecule has 0 aliphatic carbocycles. The molecule has 0 spiro atoms. The second-order valence-corrected chi connectivity index (χ2v) is 5.77. The van der Waals surface area contributed by atoms with Gasteiger partial charge in [0.25, 0.3) is 0 Å². The normalized spacial score (nSPS) is 11.3. The summed E-state index contributed by atoms with van der Waals surface area (Å²) in [6, 6.07) is 1.56. The standard InChI is InChI=1S/C13H19NO3S/c1-5-6-7-17-13-9(2)8-12(18(14,15)16)10(3)11(13)4/h5,8H,1,6-7H2,2-4H3,(H2,14,15,16). The minimum absolute atomic E-state index is 0.161. The number of ether oxygens (including phenoxy) is 1. The molecular formula is C13H19NO3S. The lowest BCUT2D eigenvalue weighted by atomic mass is 10.1. The molecule has 0 aliphatic rings. The summed E-state index contributed by atoms with van der Waals surface area (Å²) < 4.78 is 28.6. The van der Waals surface area contributed by atoms with Crippen LogP contribution in [0.2, 0.25) is 0 Å². The maximum Gasteiger partial charge on any atom is 0.238 e. The van der Waals surface area contributed by atoms with E-state index in [1.807, 2.05) is 13.8 Å². The molecule has 2 N–H and O–H groups in total. The highest BCUT2D eigenvalue weighted by Gasteiger charge is 2.18. The van der Waals surface area contributed by atoms with E-state index < -0.39 is 10.0 Å². The second-order valence-electron chi connectivity index (χ2n) is 4.24. The van der Waals surface area contributed by atoms with Crippen molar-refractivity contribution < 1.29 is 13.2 Å². The third-order valence-corrected chi connectivity index (χ3v) is 3.89. The van der Waals surface area contributed by atoms with Crippen LogP contribution in [0, 0.1) is 20.8 Å². The molecule has 4 nitrogen and oxygen atoms in total. The van der Waals surface area contributed by atoms with Gasteiger partial charge in [-0.05, 0) is 49.9 Å². The van der Waals surface area contributed by atoms with E-state index in [1.54, 1.807) is 19.1 Å². The lowest BCUT2D eigenvalue weighted by molar-refractivity contribution is 0.320. The second kappa shape index (κ2) is 5.54. The van der Waals surface area contributed by atoms with Crippen LogP contribution in [0.3, 0.4) is 0 Å². The van der Waals surface area contributed by atoms with Crippen molar-refractivity contribution in [3.8, 4) is 5.75 Å². The van der Waals surface area contributed by atoms with E-state index in [1.165, 1.54) is 0 Å². The highest BCUT2D eigenvalue weighted by molar-refractivity contribution is 7.89. The first kappa shape index (κ1) is 14.7. The largest absolute Gasteiger partial charge is 0.493 e. The van der Waals surface area contributed by atoms with Gasteiger partial charge < -0.3 is 4.74 Å². The molecule has 0 saturated carbocycles. The van der Waals surface area contributed by atoms with E-state index >= 15 is 0 Å². The van der Waals surface area contributed by atoms with Crippen molar-refractivity contribution in [3.63, 3.8) is 0 Å². The molecule has 0 bridgehead atoms. The van der Waals surface area contributed by atoms with Gasteiger partial charge in [-0.15, -0.1) is 6.58 Å². The first-order valence-corrected chi connectivity index (χ1v) is 7.21. The molecule has 0 heterocycles. The molecule has 0 atom stereocenters. The molecule has 0 aromatic heterocycles. The molecule has 0 saturated heterocycles. The average Bonchev–Trinajstić information content (AvgIpc) is 2.26. The highest BCUT2D eigenvalue weighted by atomic mass is 32.2. The minimum Gasteiger partial charge on any atom is -0.493 e. The Labute approximate surface area is 109 Å². The third kappa shape index (κ3) is 3.11. The monoisotopic (exact) mass is 269 g/mol. The smallest absolute Gasteiger partial charge is 0.238 e. The molecule has 1 rings (SSSR count). The van der Waals surface area contributed by atoms with Gasteiger partial charge in [0.05, 0.1) is 11.5 Å². The fourth-order valence-corrected chi connectivity index (χ4v) is 2.70. The summed E-state index contributed by atoms with van der Waals surface area (Å²) in [7, 11) is -3.69. The molecule has 0 radical (unpaired) electrons. The van der Waals surface area contributed by atoms with Gasteiger partial charge in [0, 0.05) is 0 Å². The van der Waals surface area contributed by atoms with Gasteiger partial charge in [-0.25, -0.2) is 13.6 Å². The Kier molecular flexibility index (Phi) is 4.53. The van der Waals surface area contributed by atoms with Crippen molar-refractivity contribution in [2.75, 3.05) is 6.61 Å². The molecular weight excluding hydrogens is 250 g/mol. The van der Waals surface area contributed by atoms with E-state index in [9.17, 15) is 8.42 Å².